The van der Waals surface area contributed by atoms with E-state index in [-0.39, 0.29) is 37.8 Å². The van der Waals surface area contributed by atoms with Gasteiger partial charge in [-0.05, 0) is 42.0 Å². The summed E-state index contributed by atoms with van der Waals surface area (Å²) in [7, 11) is 4.33. The number of benzene rings is 2. The number of likely N-dealkylation sites (N-methyl/N-ethyl adjacent to an activating group) is 1. The number of ether oxygens (including phenoxy) is 3. The number of carbonyl (C=O) groups is 4. The number of methoxy groups -OCH3 is 2. The van der Waals surface area contributed by atoms with E-state index < -0.39 is 36.1 Å². The zero-order valence-corrected chi connectivity index (χ0v) is 24.4. The van der Waals surface area contributed by atoms with Gasteiger partial charge in [0.2, 0.25) is 11.8 Å². The van der Waals surface area contributed by atoms with Gasteiger partial charge in [0, 0.05) is 20.0 Å². The first-order chi connectivity index (χ1) is 19.7. The molecule has 0 aliphatic carbocycles. The lowest BCUT2D eigenvalue weighted by Crippen LogP contribution is -2.56. The molecule has 3 amide bonds. The Hall–Kier alpha value is -4.12. The summed E-state index contributed by atoms with van der Waals surface area (Å²) < 4.78 is 15.3. The van der Waals surface area contributed by atoms with Crippen LogP contribution >= 0.6 is 0 Å². The fourth-order valence-electron chi connectivity index (χ4n) is 4.12. The van der Waals surface area contributed by atoms with Crippen LogP contribution in [0, 0.1) is 5.92 Å². The molecule has 0 aliphatic heterocycles. The molecule has 0 unspecified atom stereocenters. The minimum atomic E-state index is -0.885. The van der Waals surface area contributed by atoms with Gasteiger partial charge in [-0.25, -0.2) is 4.79 Å². The van der Waals surface area contributed by atoms with E-state index in [1.807, 2.05) is 56.3 Å². The van der Waals surface area contributed by atoms with Gasteiger partial charge >= 0.3 is 12.1 Å². The molecule has 3 atom stereocenters. The lowest BCUT2D eigenvalue weighted by Gasteiger charge is -2.27. The van der Waals surface area contributed by atoms with Crippen LogP contribution in [0.25, 0.3) is 0 Å². The molecule has 0 spiro atoms. The number of alkyl carbamates (subject to hydrolysis) is 1. The second-order valence-electron chi connectivity index (χ2n) is 9.93. The van der Waals surface area contributed by atoms with Crippen LogP contribution in [-0.2, 0) is 36.9 Å². The standard InChI is InChI=1S/C30H42N4O7/c1-20(2)17-25(28(36)34-26(27(35)31-3)18-21-11-13-23(39-4)14-12-21)33-24(29(37)40-5)15-16-32-30(38)41-19-22-9-7-6-8-10-22/h6-14,20,24-26,33H,15-19H2,1-5H3,(H,31,35)(H,32,38)(H,34,36)/t24-,25+,26+/m1/s1. The Morgan fingerprint density at radius 2 is 1.51 bits per heavy atom. The molecule has 4 N–H and O–H groups in total. The maximum Gasteiger partial charge on any atom is 0.407 e. The molecule has 0 aromatic heterocycles. The van der Waals surface area contributed by atoms with Gasteiger partial charge in [-0.2, -0.15) is 0 Å². The van der Waals surface area contributed by atoms with Crippen LogP contribution in [0.2, 0.25) is 0 Å². The van der Waals surface area contributed by atoms with Crippen LogP contribution in [-0.4, -0.2) is 69.8 Å². The summed E-state index contributed by atoms with van der Waals surface area (Å²) in [5, 5.41) is 11.1. The molecule has 0 saturated heterocycles. The van der Waals surface area contributed by atoms with Gasteiger partial charge in [0.1, 0.15) is 24.4 Å². The minimum Gasteiger partial charge on any atom is -0.497 e. The number of nitrogens with one attached hydrogen (secondary N) is 4. The summed E-state index contributed by atoms with van der Waals surface area (Å²) in [6.45, 7) is 4.12. The molecule has 11 heteroatoms. The zero-order valence-electron chi connectivity index (χ0n) is 24.4. The molecule has 0 aliphatic rings. The number of rotatable bonds is 16. The van der Waals surface area contributed by atoms with Gasteiger partial charge < -0.3 is 30.2 Å². The van der Waals surface area contributed by atoms with Crippen molar-refractivity contribution in [2.45, 2.75) is 57.8 Å². The van der Waals surface area contributed by atoms with E-state index in [1.54, 1.807) is 19.2 Å². The molecule has 2 rings (SSSR count). The summed E-state index contributed by atoms with van der Waals surface area (Å²) in [6, 6.07) is 14.0. The van der Waals surface area contributed by atoms with Crippen LogP contribution in [0.4, 0.5) is 4.79 Å². The zero-order chi connectivity index (χ0) is 30.2. The number of carbonyl (C=O) groups excluding carboxylic acids is 4. The molecular formula is C30H42N4O7. The largest absolute Gasteiger partial charge is 0.497 e. The highest BCUT2D eigenvalue weighted by atomic mass is 16.5. The second kappa shape index (κ2) is 17.5. The van der Waals surface area contributed by atoms with E-state index in [0.717, 1.165) is 11.1 Å². The van der Waals surface area contributed by atoms with Crippen molar-refractivity contribution in [3.05, 3.63) is 65.7 Å². The van der Waals surface area contributed by atoms with E-state index in [2.05, 4.69) is 21.3 Å². The Bertz CT molecular complexity index is 1110. The van der Waals surface area contributed by atoms with Crippen molar-refractivity contribution >= 4 is 23.9 Å². The molecule has 0 radical (unpaired) electrons. The Morgan fingerprint density at radius 1 is 0.829 bits per heavy atom. The molecule has 2 aromatic carbocycles. The van der Waals surface area contributed by atoms with Crippen LogP contribution in [0.1, 0.15) is 37.8 Å². The Labute approximate surface area is 241 Å². The SMILES string of the molecule is CNC(=O)[C@H](Cc1ccc(OC)cc1)NC(=O)[C@H](CC(C)C)N[C@H](CCNC(=O)OCc1ccccc1)C(=O)OC. The summed E-state index contributed by atoms with van der Waals surface area (Å²) in [4.78, 5) is 50.8. The number of esters is 1. The number of hydrogen-bond donors (Lipinski definition) is 4. The predicted octanol–water partition coefficient (Wildman–Crippen LogP) is 2.33. The van der Waals surface area contributed by atoms with Gasteiger partial charge in [0.25, 0.3) is 0 Å². The molecule has 0 saturated carbocycles. The first kappa shape index (κ1) is 33.1. The lowest BCUT2D eigenvalue weighted by molar-refractivity contribution is -0.144. The average Bonchev–Trinajstić information content (AvgIpc) is 2.98. The number of hydrogen-bond acceptors (Lipinski definition) is 8. The molecule has 41 heavy (non-hydrogen) atoms. The first-order valence-electron chi connectivity index (χ1n) is 13.6. The third-order valence-corrected chi connectivity index (χ3v) is 6.31. The molecule has 224 valence electrons. The summed E-state index contributed by atoms with van der Waals surface area (Å²) in [5.74, 6) is -0.566. The highest BCUT2D eigenvalue weighted by molar-refractivity contribution is 5.90. The van der Waals surface area contributed by atoms with Crippen molar-refractivity contribution in [3.8, 4) is 5.75 Å². The summed E-state index contributed by atoms with van der Waals surface area (Å²) in [5.41, 5.74) is 1.69. The van der Waals surface area contributed by atoms with E-state index in [1.165, 1.54) is 14.2 Å². The predicted molar refractivity (Wildman–Crippen MR) is 154 cm³/mol. The monoisotopic (exact) mass is 570 g/mol. The van der Waals surface area contributed by atoms with Crippen molar-refractivity contribution in [3.63, 3.8) is 0 Å². The molecule has 11 nitrogen and oxygen atoms in total. The highest BCUT2D eigenvalue weighted by Gasteiger charge is 2.30. The Morgan fingerprint density at radius 3 is 2.10 bits per heavy atom. The molecule has 0 fully saturated rings. The Kier molecular flexibility index (Phi) is 14.2. The lowest BCUT2D eigenvalue weighted by atomic mass is 10.00. The molecule has 0 bridgehead atoms. The highest BCUT2D eigenvalue weighted by Crippen LogP contribution is 2.14. The Balaban J connectivity index is 2.04. The third-order valence-electron chi connectivity index (χ3n) is 6.31. The molecule has 0 heterocycles. The smallest absolute Gasteiger partial charge is 0.407 e. The van der Waals surface area contributed by atoms with E-state index in [0.29, 0.717) is 12.2 Å². The summed E-state index contributed by atoms with van der Waals surface area (Å²) >= 11 is 0. The van der Waals surface area contributed by atoms with Crippen molar-refractivity contribution in [1.29, 1.82) is 0 Å². The average molecular weight is 571 g/mol. The quantitative estimate of drug-likeness (QED) is 0.225. The maximum atomic E-state index is 13.4. The topological polar surface area (TPSA) is 144 Å². The van der Waals surface area contributed by atoms with Crippen LogP contribution in [0.3, 0.4) is 0 Å². The van der Waals surface area contributed by atoms with Gasteiger partial charge in [-0.15, -0.1) is 0 Å². The van der Waals surface area contributed by atoms with Gasteiger partial charge in [-0.1, -0.05) is 56.3 Å². The number of amides is 3. The fraction of sp³-hybridized carbons (Fsp3) is 0.467. The second-order valence-corrected chi connectivity index (χ2v) is 9.93. The molecule has 2 aromatic rings. The third kappa shape index (κ3) is 11.9. The van der Waals surface area contributed by atoms with E-state index in [4.69, 9.17) is 14.2 Å². The minimum absolute atomic E-state index is 0.0997. The van der Waals surface area contributed by atoms with Crippen molar-refractivity contribution in [1.82, 2.24) is 21.3 Å². The molecular weight excluding hydrogens is 528 g/mol. The van der Waals surface area contributed by atoms with Crippen LogP contribution < -0.4 is 26.0 Å². The van der Waals surface area contributed by atoms with Gasteiger partial charge in [0.05, 0.1) is 20.3 Å². The first-order valence-corrected chi connectivity index (χ1v) is 13.6. The fourth-order valence-corrected chi connectivity index (χ4v) is 4.12. The summed E-state index contributed by atoms with van der Waals surface area (Å²) in [6.07, 6.45) is 0.189. The van der Waals surface area contributed by atoms with Crippen LogP contribution in [0.15, 0.2) is 54.6 Å². The van der Waals surface area contributed by atoms with Crippen molar-refractivity contribution in [2.75, 3.05) is 27.8 Å². The van der Waals surface area contributed by atoms with Crippen LogP contribution in [0.5, 0.6) is 5.75 Å². The van der Waals surface area contributed by atoms with Crippen molar-refractivity contribution < 1.29 is 33.4 Å². The normalized spacial score (nSPS) is 12.9. The van der Waals surface area contributed by atoms with E-state index in [9.17, 15) is 19.2 Å². The van der Waals surface area contributed by atoms with E-state index >= 15 is 0 Å². The van der Waals surface area contributed by atoms with Gasteiger partial charge in [-0.3, -0.25) is 19.7 Å². The van der Waals surface area contributed by atoms with Gasteiger partial charge in [0.15, 0.2) is 0 Å². The maximum absolute atomic E-state index is 13.4. The van der Waals surface area contributed by atoms with Crippen molar-refractivity contribution in [2.24, 2.45) is 5.92 Å².